The van der Waals surface area contributed by atoms with E-state index in [9.17, 15) is 5.11 Å². The molecule has 0 aromatic carbocycles. The second kappa shape index (κ2) is 5.52. The maximum absolute atomic E-state index is 12.0. The molecule has 0 atom stereocenters. The summed E-state index contributed by atoms with van der Waals surface area (Å²) in [4.78, 5) is 4.16. The van der Waals surface area contributed by atoms with Crippen LogP contribution in [0.3, 0.4) is 0 Å². The number of pyridine rings is 1. The maximum Gasteiger partial charge on any atom is 1.00 e. The molecule has 3 heterocycles. The van der Waals surface area contributed by atoms with Crippen molar-refractivity contribution in [2.24, 2.45) is 0 Å². The van der Waals surface area contributed by atoms with Gasteiger partial charge in [-0.1, -0.05) is 0 Å². The van der Waals surface area contributed by atoms with Crippen molar-refractivity contribution in [1.82, 2.24) is 14.8 Å². The molecule has 18 heavy (non-hydrogen) atoms. The molecule has 0 radical (unpaired) electrons. The first-order valence-electron chi connectivity index (χ1n) is 5.15. The SMILES string of the molecule is COc1ccc(-n2nc3c(c2[O-])CSC3)nc1.[Na+]. The molecule has 0 spiro atoms. The summed E-state index contributed by atoms with van der Waals surface area (Å²) in [6.07, 6.45) is 1.58. The molecule has 0 N–H and O–H groups in total. The number of rotatable bonds is 2. The summed E-state index contributed by atoms with van der Waals surface area (Å²) in [6.45, 7) is 0. The van der Waals surface area contributed by atoms with Crippen LogP contribution in [0, 0.1) is 0 Å². The maximum atomic E-state index is 12.0. The minimum absolute atomic E-state index is 0. The molecule has 2 aromatic rings. The number of hydrogen-bond donors (Lipinski definition) is 0. The fourth-order valence-electron chi connectivity index (χ4n) is 1.76. The van der Waals surface area contributed by atoms with Gasteiger partial charge in [0, 0.05) is 11.5 Å². The van der Waals surface area contributed by atoms with Crippen LogP contribution in [0.4, 0.5) is 0 Å². The van der Waals surface area contributed by atoms with Crippen LogP contribution in [0.15, 0.2) is 18.3 Å². The molecule has 2 aromatic heterocycles. The number of nitrogens with zero attached hydrogens (tertiary/aromatic N) is 3. The van der Waals surface area contributed by atoms with E-state index in [1.54, 1.807) is 37.2 Å². The molecule has 0 saturated carbocycles. The fraction of sp³-hybridized carbons (Fsp3) is 0.273. The minimum Gasteiger partial charge on any atom is -0.858 e. The van der Waals surface area contributed by atoms with Crippen LogP contribution in [0.25, 0.3) is 5.82 Å². The first-order chi connectivity index (χ1) is 8.29. The molecule has 0 aliphatic carbocycles. The van der Waals surface area contributed by atoms with E-state index in [0.29, 0.717) is 11.6 Å². The van der Waals surface area contributed by atoms with Crippen LogP contribution >= 0.6 is 11.8 Å². The van der Waals surface area contributed by atoms with Crippen molar-refractivity contribution in [2.45, 2.75) is 11.5 Å². The van der Waals surface area contributed by atoms with E-state index in [2.05, 4.69) is 10.1 Å². The van der Waals surface area contributed by atoms with E-state index in [-0.39, 0.29) is 35.4 Å². The minimum atomic E-state index is -0.0531. The number of methoxy groups -OCH3 is 1. The Morgan fingerprint density at radius 1 is 1.39 bits per heavy atom. The second-order valence-electron chi connectivity index (χ2n) is 3.69. The Labute approximate surface area is 131 Å². The van der Waals surface area contributed by atoms with Gasteiger partial charge in [-0.2, -0.15) is 16.9 Å². The average molecular weight is 271 g/mol. The number of ether oxygens (including phenoxy) is 1. The van der Waals surface area contributed by atoms with Gasteiger partial charge in [0.1, 0.15) is 5.75 Å². The normalized spacial score (nSPS) is 12.9. The third-order valence-electron chi connectivity index (χ3n) is 2.68. The molecular weight excluding hydrogens is 261 g/mol. The smallest absolute Gasteiger partial charge is 0.858 e. The predicted octanol–water partition coefficient (Wildman–Crippen LogP) is -1.90. The quantitative estimate of drug-likeness (QED) is 0.597. The van der Waals surface area contributed by atoms with E-state index in [1.165, 1.54) is 4.68 Å². The Morgan fingerprint density at radius 3 is 2.83 bits per heavy atom. The molecule has 3 rings (SSSR count). The van der Waals surface area contributed by atoms with Crippen LogP contribution in [0.5, 0.6) is 11.6 Å². The monoisotopic (exact) mass is 271 g/mol. The molecule has 88 valence electrons. The van der Waals surface area contributed by atoms with E-state index >= 15 is 0 Å². The number of fused-ring (bicyclic) bond motifs is 1. The third kappa shape index (κ3) is 2.25. The fourth-order valence-corrected chi connectivity index (χ4v) is 2.78. The summed E-state index contributed by atoms with van der Waals surface area (Å²) in [6, 6.07) is 3.50. The Balaban J connectivity index is 0.00000120. The van der Waals surface area contributed by atoms with Crippen LogP contribution in [-0.2, 0) is 11.5 Å². The summed E-state index contributed by atoms with van der Waals surface area (Å²) in [5.74, 6) is 2.72. The average Bonchev–Trinajstić information content (AvgIpc) is 2.93. The standard InChI is InChI=1S/C11H11N3O2S.Na/c1-16-7-2-3-10(12-4-7)14-11(15)8-5-17-6-9(8)13-14;/h2-4,15H,5-6H2,1H3;/q;+1/p-1. The van der Waals surface area contributed by atoms with Gasteiger partial charge in [-0.25, -0.2) is 9.67 Å². The van der Waals surface area contributed by atoms with Gasteiger partial charge in [0.05, 0.1) is 19.0 Å². The topological polar surface area (TPSA) is 63.0 Å². The van der Waals surface area contributed by atoms with E-state index in [0.717, 1.165) is 22.8 Å². The molecule has 0 bridgehead atoms. The Morgan fingerprint density at radius 2 is 2.22 bits per heavy atom. The van der Waals surface area contributed by atoms with Crippen LogP contribution in [-0.4, -0.2) is 21.9 Å². The van der Waals surface area contributed by atoms with Gasteiger partial charge in [-0.3, -0.25) is 0 Å². The first-order valence-corrected chi connectivity index (χ1v) is 6.31. The van der Waals surface area contributed by atoms with Crippen molar-refractivity contribution in [3.8, 4) is 17.4 Å². The molecule has 7 heteroatoms. The van der Waals surface area contributed by atoms with Crippen molar-refractivity contribution < 1.29 is 39.4 Å². The van der Waals surface area contributed by atoms with Crippen molar-refractivity contribution in [2.75, 3.05) is 7.11 Å². The summed E-state index contributed by atoms with van der Waals surface area (Å²) < 4.78 is 6.39. The summed E-state index contributed by atoms with van der Waals surface area (Å²) in [5, 5.41) is 16.3. The van der Waals surface area contributed by atoms with Crippen LogP contribution in [0.1, 0.15) is 11.3 Å². The van der Waals surface area contributed by atoms with Crippen LogP contribution in [0.2, 0.25) is 0 Å². The van der Waals surface area contributed by atoms with Gasteiger partial charge >= 0.3 is 29.6 Å². The van der Waals surface area contributed by atoms with Crippen molar-refractivity contribution in [3.05, 3.63) is 29.6 Å². The number of aromatic nitrogens is 3. The third-order valence-corrected chi connectivity index (χ3v) is 3.65. The van der Waals surface area contributed by atoms with E-state index in [4.69, 9.17) is 4.74 Å². The van der Waals surface area contributed by atoms with Crippen molar-refractivity contribution >= 4 is 11.8 Å². The molecular formula is C11H10N3NaO2S. The van der Waals surface area contributed by atoms with Gasteiger partial charge in [-0.05, 0) is 23.6 Å². The second-order valence-corrected chi connectivity index (χ2v) is 4.68. The first kappa shape index (κ1) is 13.7. The zero-order valence-corrected chi connectivity index (χ0v) is 13.0. The Bertz CT molecular complexity index is 556. The molecule has 0 amide bonds. The Kier molecular flexibility index (Phi) is 4.21. The summed E-state index contributed by atoms with van der Waals surface area (Å²) >= 11 is 1.72. The van der Waals surface area contributed by atoms with Crippen molar-refractivity contribution in [1.29, 1.82) is 0 Å². The zero-order valence-electron chi connectivity index (χ0n) is 10.2. The van der Waals surface area contributed by atoms with Crippen molar-refractivity contribution in [3.63, 3.8) is 0 Å². The van der Waals surface area contributed by atoms with Gasteiger partial charge in [0.25, 0.3) is 0 Å². The molecule has 0 fully saturated rings. The predicted molar refractivity (Wildman–Crippen MR) is 62.4 cm³/mol. The summed E-state index contributed by atoms with van der Waals surface area (Å²) in [5.41, 5.74) is 1.70. The van der Waals surface area contributed by atoms with Gasteiger partial charge in [0.15, 0.2) is 5.82 Å². The molecule has 0 unspecified atom stereocenters. The van der Waals surface area contributed by atoms with Crippen LogP contribution < -0.4 is 39.4 Å². The molecule has 1 aliphatic heterocycles. The molecule has 1 aliphatic rings. The van der Waals surface area contributed by atoms with E-state index in [1.807, 2.05) is 0 Å². The van der Waals surface area contributed by atoms with Gasteiger partial charge < -0.3 is 9.84 Å². The van der Waals surface area contributed by atoms with Gasteiger partial charge in [0.2, 0.25) is 0 Å². The largest absolute Gasteiger partial charge is 1.00 e. The number of hydrogen-bond acceptors (Lipinski definition) is 5. The van der Waals surface area contributed by atoms with E-state index < -0.39 is 0 Å². The number of thioether (sulfide) groups is 1. The molecule has 0 saturated heterocycles. The van der Waals surface area contributed by atoms with Gasteiger partial charge in [-0.15, -0.1) is 0 Å². The Hall–Kier alpha value is -0.690. The zero-order chi connectivity index (χ0) is 11.8. The molecule has 5 nitrogen and oxygen atoms in total. The summed E-state index contributed by atoms with van der Waals surface area (Å²) in [7, 11) is 1.58.